The second kappa shape index (κ2) is 7.59. The zero-order valence-corrected chi connectivity index (χ0v) is 18.6. The molecule has 0 amide bonds. The van der Waals surface area contributed by atoms with Crippen molar-refractivity contribution in [3.8, 4) is 22.3 Å². The topological polar surface area (TPSA) is 0 Å². The van der Waals surface area contributed by atoms with Crippen LogP contribution in [0.2, 0.25) is 0 Å². The predicted molar refractivity (Wildman–Crippen MR) is 124 cm³/mol. The maximum Gasteiger partial charge on any atom is -0.0123 e. The highest BCUT2D eigenvalue weighted by Crippen LogP contribution is 2.40. The molecule has 0 aromatic heterocycles. The molecule has 28 heavy (non-hydrogen) atoms. The fourth-order valence-corrected chi connectivity index (χ4v) is 4.00. The summed E-state index contributed by atoms with van der Waals surface area (Å²) >= 11 is 0. The second-order valence-corrected chi connectivity index (χ2v) is 9.85. The molecule has 0 nitrogen and oxygen atoms in total. The van der Waals surface area contributed by atoms with E-state index in [1.54, 1.807) is 0 Å². The Labute approximate surface area is 171 Å². The van der Waals surface area contributed by atoms with E-state index in [2.05, 4.69) is 115 Å². The van der Waals surface area contributed by atoms with E-state index < -0.39 is 0 Å². The Hall–Kier alpha value is -2.34. The van der Waals surface area contributed by atoms with Crippen LogP contribution in [0, 0.1) is 0 Å². The molecule has 3 aromatic rings. The molecule has 0 unspecified atom stereocenters. The maximum absolute atomic E-state index is 2.43. The number of hydrogen-bond acceptors (Lipinski definition) is 0. The molecule has 0 saturated carbocycles. The van der Waals surface area contributed by atoms with Crippen LogP contribution in [0.3, 0.4) is 0 Å². The lowest BCUT2D eigenvalue weighted by molar-refractivity contribution is 0.572. The summed E-state index contributed by atoms with van der Waals surface area (Å²) in [6.07, 6.45) is 1.06. The molecule has 0 fully saturated rings. The number of rotatable bonds is 3. The first-order chi connectivity index (χ1) is 13.1. The van der Waals surface area contributed by atoms with E-state index in [0.29, 0.717) is 0 Å². The van der Waals surface area contributed by atoms with Crippen LogP contribution in [0.4, 0.5) is 0 Å². The van der Waals surface area contributed by atoms with E-state index in [1.807, 2.05) is 0 Å². The van der Waals surface area contributed by atoms with E-state index in [9.17, 15) is 0 Å². The summed E-state index contributed by atoms with van der Waals surface area (Å²) in [7, 11) is 0. The minimum Gasteiger partial charge on any atom is -0.0622 e. The molecule has 0 spiro atoms. The van der Waals surface area contributed by atoms with E-state index >= 15 is 0 Å². The Kier molecular flexibility index (Phi) is 5.53. The highest BCUT2D eigenvalue weighted by molar-refractivity contribution is 5.75. The largest absolute Gasteiger partial charge is 0.0622 e. The quantitative estimate of drug-likeness (QED) is 0.436. The zero-order valence-electron chi connectivity index (χ0n) is 18.6. The normalized spacial score (nSPS) is 12.2. The molecule has 0 aliphatic heterocycles. The maximum atomic E-state index is 2.43. The summed E-state index contributed by atoms with van der Waals surface area (Å²) in [5.41, 5.74) is 9.85. The van der Waals surface area contributed by atoms with Crippen LogP contribution in [-0.2, 0) is 17.3 Å². The van der Waals surface area contributed by atoms with Crippen LogP contribution in [0.15, 0.2) is 66.7 Å². The van der Waals surface area contributed by atoms with Crippen LogP contribution >= 0.6 is 0 Å². The van der Waals surface area contributed by atoms with Gasteiger partial charge >= 0.3 is 0 Å². The fourth-order valence-electron chi connectivity index (χ4n) is 4.00. The van der Waals surface area contributed by atoms with Crippen molar-refractivity contribution in [1.82, 2.24) is 0 Å². The predicted octanol–water partition coefficient (Wildman–Crippen LogP) is 8.18. The van der Waals surface area contributed by atoms with Crippen LogP contribution < -0.4 is 0 Å². The Morgan fingerprint density at radius 2 is 1.14 bits per heavy atom. The van der Waals surface area contributed by atoms with Crippen LogP contribution in [-0.4, -0.2) is 0 Å². The fraction of sp³-hybridized carbons (Fsp3) is 0.357. The van der Waals surface area contributed by atoms with Crippen LogP contribution in [0.5, 0.6) is 0 Å². The van der Waals surface area contributed by atoms with Crippen molar-refractivity contribution in [2.75, 3.05) is 0 Å². The first kappa shape index (κ1) is 20.4. The van der Waals surface area contributed by atoms with Gasteiger partial charge in [0.1, 0.15) is 0 Å². The SMILES string of the molecule is CCc1cc(C(C)(C)C)cc(-c2ccc(-c3ccccc3)cc2)c1C(C)(C)C. The molecule has 0 heteroatoms. The number of benzene rings is 3. The lowest BCUT2D eigenvalue weighted by atomic mass is 9.74. The standard InChI is InChI=1S/C28H34/c1-8-20-18-24(27(2,3)4)19-25(26(20)28(5,6)7)23-16-14-22(15-17-23)21-12-10-9-11-13-21/h9-19H,8H2,1-7H3. The highest BCUT2D eigenvalue weighted by atomic mass is 14.3. The second-order valence-electron chi connectivity index (χ2n) is 9.85. The van der Waals surface area contributed by atoms with Gasteiger partial charge in [0.2, 0.25) is 0 Å². The van der Waals surface area contributed by atoms with Gasteiger partial charge < -0.3 is 0 Å². The number of aryl methyl sites for hydroxylation is 1. The summed E-state index contributed by atoms with van der Waals surface area (Å²) in [5, 5.41) is 0. The van der Waals surface area contributed by atoms with Gasteiger partial charge in [-0.05, 0) is 56.2 Å². The van der Waals surface area contributed by atoms with Crippen molar-refractivity contribution in [1.29, 1.82) is 0 Å². The molecule has 0 heterocycles. The molecule has 0 atom stereocenters. The monoisotopic (exact) mass is 370 g/mol. The Bertz CT molecular complexity index is 930. The highest BCUT2D eigenvalue weighted by Gasteiger charge is 2.25. The van der Waals surface area contributed by atoms with E-state index in [4.69, 9.17) is 0 Å². The van der Waals surface area contributed by atoms with Gasteiger partial charge in [-0.1, -0.05) is 115 Å². The Morgan fingerprint density at radius 1 is 0.607 bits per heavy atom. The van der Waals surface area contributed by atoms with Gasteiger partial charge in [0.25, 0.3) is 0 Å². The third-order valence-electron chi connectivity index (χ3n) is 5.52. The van der Waals surface area contributed by atoms with E-state index in [1.165, 1.54) is 38.9 Å². The number of hydrogen-bond donors (Lipinski definition) is 0. The lowest BCUT2D eigenvalue weighted by Crippen LogP contribution is -2.19. The smallest absolute Gasteiger partial charge is 0.0123 e. The van der Waals surface area contributed by atoms with Crippen molar-refractivity contribution in [2.24, 2.45) is 0 Å². The van der Waals surface area contributed by atoms with E-state index in [-0.39, 0.29) is 10.8 Å². The van der Waals surface area contributed by atoms with Gasteiger partial charge in [-0.3, -0.25) is 0 Å². The third kappa shape index (κ3) is 4.22. The Balaban J connectivity index is 2.19. The summed E-state index contributed by atoms with van der Waals surface area (Å²) in [6, 6.07) is 24.6. The van der Waals surface area contributed by atoms with Crippen molar-refractivity contribution >= 4 is 0 Å². The molecule has 0 saturated heterocycles. The minimum atomic E-state index is 0.106. The molecule has 0 aliphatic rings. The molecule has 0 bridgehead atoms. The van der Waals surface area contributed by atoms with E-state index in [0.717, 1.165) is 6.42 Å². The van der Waals surface area contributed by atoms with Crippen LogP contribution in [0.1, 0.15) is 65.2 Å². The molecule has 146 valence electrons. The van der Waals surface area contributed by atoms with Crippen molar-refractivity contribution in [3.05, 3.63) is 83.4 Å². The van der Waals surface area contributed by atoms with Gasteiger partial charge in [-0.2, -0.15) is 0 Å². The summed E-state index contributed by atoms with van der Waals surface area (Å²) < 4.78 is 0. The summed E-state index contributed by atoms with van der Waals surface area (Å²) in [5.74, 6) is 0. The average Bonchev–Trinajstić information content (AvgIpc) is 2.66. The van der Waals surface area contributed by atoms with Crippen LogP contribution in [0.25, 0.3) is 22.3 Å². The van der Waals surface area contributed by atoms with Crippen molar-refractivity contribution in [2.45, 2.75) is 65.7 Å². The molecular formula is C28H34. The lowest BCUT2D eigenvalue weighted by Gasteiger charge is -2.30. The summed E-state index contributed by atoms with van der Waals surface area (Å²) in [6.45, 7) is 16.2. The summed E-state index contributed by atoms with van der Waals surface area (Å²) in [4.78, 5) is 0. The van der Waals surface area contributed by atoms with Crippen molar-refractivity contribution in [3.63, 3.8) is 0 Å². The molecule has 3 aromatic carbocycles. The van der Waals surface area contributed by atoms with Gasteiger partial charge in [0.05, 0.1) is 0 Å². The molecule has 0 aliphatic carbocycles. The Morgan fingerprint density at radius 3 is 1.64 bits per heavy atom. The van der Waals surface area contributed by atoms with Crippen molar-refractivity contribution < 1.29 is 0 Å². The minimum absolute atomic E-state index is 0.106. The third-order valence-corrected chi connectivity index (χ3v) is 5.52. The molecule has 0 N–H and O–H groups in total. The molecule has 3 rings (SSSR count). The zero-order chi connectivity index (χ0) is 20.5. The first-order valence-electron chi connectivity index (χ1n) is 10.4. The first-order valence-corrected chi connectivity index (χ1v) is 10.4. The van der Waals surface area contributed by atoms with Gasteiger partial charge in [0, 0.05) is 0 Å². The average molecular weight is 371 g/mol. The molecule has 0 radical (unpaired) electrons. The molecular weight excluding hydrogens is 336 g/mol. The van der Waals surface area contributed by atoms with Gasteiger partial charge in [-0.25, -0.2) is 0 Å². The van der Waals surface area contributed by atoms with Gasteiger partial charge in [0.15, 0.2) is 0 Å². The van der Waals surface area contributed by atoms with Gasteiger partial charge in [-0.15, -0.1) is 0 Å².